The van der Waals surface area contributed by atoms with Crippen LogP contribution in [0.5, 0.6) is 0 Å². The number of carboxylic acids is 1. The molecule has 1 aromatic heterocycles. The highest BCUT2D eigenvalue weighted by Gasteiger charge is 2.35. The van der Waals surface area contributed by atoms with Gasteiger partial charge in [-0.25, -0.2) is 0 Å². The lowest BCUT2D eigenvalue weighted by Crippen LogP contribution is -2.39. The quantitative estimate of drug-likeness (QED) is 0.871. The van der Waals surface area contributed by atoms with Crippen LogP contribution in [0.1, 0.15) is 43.9 Å². The fraction of sp³-hybridized carbons (Fsp3) is 0.562. The molecule has 0 aromatic carbocycles. The van der Waals surface area contributed by atoms with Crippen LogP contribution >= 0.6 is 0 Å². The van der Waals surface area contributed by atoms with Gasteiger partial charge in [0.1, 0.15) is 0 Å². The van der Waals surface area contributed by atoms with E-state index in [1.54, 1.807) is 6.20 Å². The summed E-state index contributed by atoms with van der Waals surface area (Å²) in [5.41, 5.74) is 1.97. The maximum Gasteiger partial charge on any atom is 0.307 e. The molecule has 114 valence electrons. The highest BCUT2D eigenvalue weighted by atomic mass is 16.4. The highest BCUT2D eigenvalue weighted by molar-refractivity contribution is 5.84. The molecule has 0 saturated heterocycles. The maximum absolute atomic E-state index is 12.3. The van der Waals surface area contributed by atoms with Gasteiger partial charge in [0.05, 0.1) is 24.1 Å². The summed E-state index contributed by atoms with van der Waals surface area (Å²) in [6.45, 7) is 2.41. The smallest absolute Gasteiger partial charge is 0.307 e. The molecule has 0 unspecified atom stereocenters. The van der Waals surface area contributed by atoms with Crippen molar-refractivity contribution in [3.8, 4) is 0 Å². The van der Waals surface area contributed by atoms with E-state index in [2.05, 4.69) is 10.3 Å². The van der Waals surface area contributed by atoms with E-state index >= 15 is 0 Å². The Morgan fingerprint density at radius 3 is 2.71 bits per heavy atom. The summed E-state index contributed by atoms with van der Waals surface area (Å²) >= 11 is 0. The molecule has 21 heavy (non-hydrogen) atoms. The number of amides is 1. The molecular formula is C16H22N2O3. The molecular weight excluding hydrogens is 268 g/mol. The van der Waals surface area contributed by atoms with Crippen LogP contribution in [-0.4, -0.2) is 22.0 Å². The minimum absolute atomic E-state index is 0.158. The van der Waals surface area contributed by atoms with Crippen LogP contribution in [0.25, 0.3) is 0 Å². The van der Waals surface area contributed by atoms with Crippen molar-refractivity contribution in [2.75, 3.05) is 0 Å². The Bertz CT molecular complexity index is 516. The van der Waals surface area contributed by atoms with E-state index < -0.39 is 17.8 Å². The highest BCUT2D eigenvalue weighted by Crippen LogP contribution is 2.30. The summed E-state index contributed by atoms with van der Waals surface area (Å²) in [5.74, 6) is -1.98. The zero-order valence-corrected chi connectivity index (χ0v) is 12.3. The summed E-state index contributed by atoms with van der Waals surface area (Å²) < 4.78 is 0. The third kappa shape index (κ3) is 3.80. The number of hydrogen-bond donors (Lipinski definition) is 2. The number of nitrogens with one attached hydrogen (secondary N) is 1. The average Bonchev–Trinajstić information content (AvgIpc) is 2.52. The molecule has 1 aliphatic carbocycles. The molecule has 0 aliphatic heterocycles. The summed E-state index contributed by atoms with van der Waals surface area (Å²) in [5, 5.41) is 12.1. The van der Waals surface area contributed by atoms with Gasteiger partial charge in [0.2, 0.25) is 5.91 Å². The molecule has 0 bridgehead atoms. The minimum atomic E-state index is -0.859. The molecule has 2 rings (SSSR count). The van der Waals surface area contributed by atoms with Crippen molar-refractivity contribution < 1.29 is 14.7 Å². The van der Waals surface area contributed by atoms with Gasteiger partial charge < -0.3 is 10.4 Å². The summed E-state index contributed by atoms with van der Waals surface area (Å²) in [6.07, 6.45) is 5.64. The van der Waals surface area contributed by atoms with Crippen molar-refractivity contribution in [3.05, 3.63) is 29.6 Å². The van der Waals surface area contributed by atoms with Gasteiger partial charge in [0.15, 0.2) is 0 Å². The molecule has 1 fully saturated rings. The number of rotatable bonds is 5. The molecule has 1 saturated carbocycles. The predicted octanol–water partition coefficient (Wildman–Crippen LogP) is 2.15. The molecule has 1 aromatic rings. The molecule has 5 nitrogen and oxygen atoms in total. The van der Waals surface area contributed by atoms with Crippen LogP contribution in [0.2, 0.25) is 0 Å². The van der Waals surface area contributed by atoms with Crippen molar-refractivity contribution >= 4 is 11.9 Å². The van der Waals surface area contributed by atoms with Gasteiger partial charge in [-0.15, -0.1) is 0 Å². The predicted molar refractivity (Wildman–Crippen MR) is 78.5 cm³/mol. The zero-order valence-electron chi connectivity index (χ0n) is 12.3. The van der Waals surface area contributed by atoms with E-state index in [1.807, 2.05) is 19.1 Å². The molecule has 2 N–H and O–H groups in total. The molecule has 1 aliphatic rings. The van der Waals surface area contributed by atoms with E-state index in [0.29, 0.717) is 19.4 Å². The van der Waals surface area contributed by atoms with Gasteiger partial charge in [-0.05, 0) is 30.9 Å². The molecule has 1 heterocycles. The average molecular weight is 290 g/mol. The topological polar surface area (TPSA) is 79.3 Å². The Balaban J connectivity index is 1.99. The van der Waals surface area contributed by atoms with Gasteiger partial charge in [-0.1, -0.05) is 25.8 Å². The first kappa shape index (κ1) is 15.5. The zero-order chi connectivity index (χ0) is 15.2. The lowest BCUT2D eigenvalue weighted by atomic mass is 9.78. The third-order valence-electron chi connectivity index (χ3n) is 4.22. The lowest BCUT2D eigenvalue weighted by Gasteiger charge is -2.27. The van der Waals surface area contributed by atoms with Crippen LogP contribution in [0.3, 0.4) is 0 Å². The van der Waals surface area contributed by atoms with Crippen LogP contribution in [-0.2, 0) is 22.6 Å². The van der Waals surface area contributed by atoms with Crippen molar-refractivity contribution in [1.29, 1.82) is 0 Å². The van der Waals surface area contributed by atoms with Crippen molar-refractivity contribution in [3.63, 3.8) is 0 Å². The Labute approximate surface area is 124 Å². The van der Waals surface area contributed by atoms with Crippen molar-refractivity contribution in [1.82, 2.24) is 10.3 Å². The van der Waals surface area contributed by atoms with Gasteiger partial charge in [0.25, 0.3) is 0 Å². The SMILES string of the molecule is CCc1cccnc1CNC(=O)[C@@H]1CCCC[C@@H]1C(=O)O. The van der Waals surface area contributed by atoms with Crippen molar-refractivity contribution in [2.24, 2.45) is 11.8 Å². The van der Waals surface area contributed by atoms with E-state index in [-0.39, 0.29) is 5.91 Å². The normalized spacial score (nSPS) is 21.8. The molecule has 0 spiro atoms. The number of aromatic nitrogens is 1. The number of aryl methyl sites for hydroxylation is 1. The number of hydrogen-bond acceptors (Lipinski definition) is 3. The maximum atomic E-state index is 12.3. The minimum Gasteiger partial charge on any atom is -0.481 e. The van der Waals surface area contributed by atoms with E-state index in [9.17, 15) is 14.7 Å². The summed E-state index contributed by atoms with van der Waals surface area (Å²) in [6, 6.07) is 3.88. The largest absolute Gasteiger partial charge is 0.481 e. The molecule has 1 amide bonds. The molecule has 5 heteroatoms. The van der Waals surface area contributed by atoms with Gasteiger partial charge >= 0.3 is 5.97 Å². The van der Waals surface area contributed by atoms with E-state index in [0.717, 1.165) is 30.5 Å². The van der Waals surface area contributed by atoms with Crippen LogP contribution < -0.4 is 5.32 Å². The van der Waals surface area contributed by atoms with Crippen LogP contribution in [0.4, 0.5) is 0 Å². The number of carbonyl (C=O) groups excluding carboxylic acids is 1. The fourth-order valence-corrected chi connectivity index (χ4v) is 2.99. The van der Waals surface area contributed by atoms with Crippen LogP contribution in [0, 0.1) is 11.8 Å². The monoisotopic (exact) mass is 290 g/mol. The summed E-state index contributed by atoms with van der Waals surface area (Å²) in [7, 11) is 0. The van der Waals surface area contributed by atoms with E-state index in [1.165, 1.54) is 0 Å². The lowest BCUT2D eigenvalue weighted by molar-refractivity contribution is -0.148. The first-order valence-electron chi connectivity index (χ1n) is 7.56. The molecule has 0 radical (unpaired) electrons. The Morgan fingerprint density at radius 2 is 2.05 bits per heavy atom. The summed E-state index contributed by atoms with van der Waals surface area (Å²) in [4.78, 5) is 27.8. The molecule has 2 atom stereocenters. The third-order valence-corrected chi connectivity index (χ3v) is 4.22. The van der Waals surface area contributed by atoms with Gasteiger partial charge in [-0.2, -0.15) is 0 Å². The fourth-order valence-electron chi connectivity index (χ4n) is 2.99. The van der Waals surface area contributed by atoms with Crippen LogP contribution in [0.15, 0.2) is 18.3 Å². The standard InChI is InChI=1S/C16H22N2O3/c1-2-11-6-5-9-17-14(11)10-18-15(19)12-7-3-4-8-13(12)16(20)21/h5-6,9,12-13H,2-4,7-8,10H2,1H3,(H,18,19)(H,20,21)/t12-,13+/m1/s1. The number of aliphatic carboxylic acids is 1. The first-order chi connectivity index (χ1) is 10.1. The van der Waals surface area contributed by atoms with Gasteiger partial charge in [0, 0.05) is 6.20 Å². The van der Waals surface area contributed by atoms with Crippen molar-refractivity contribution in [2.45, 2.75) is 45.6 Å². The Hall–Kier alpha value is -1.91. The number of pyridine rings is 1. The second-order valence-electron chi connectivity index (χ2n) is 5.52. The number of carbonyl (C=O) groups is 2. The van der Waals surface area contributed by atoms with Gasteiger partial charge in [-0.3, -0.25) is 14.6 Å². The number of carboxylic acid groups (broad SMARTS) is 1. The first-order valence-corrected chi connectivity index (χ1v) is 7.56. The second-order valence-corrected chi connectivity index (χ2v) is 5.52. The Morgan fingerprint density at radius 1 is 1.33 bits per heavy atom. The van der Waals surface area contributed by atoms with E-state index in [4.69, 9.17) is 0 Å². The number of nitrogens with zero attached hydrogens (tertiary/aromatic N) is 1. The second kappa shape index (κ2) is 7.20. The Kier molecular flexibility index (Phi) is 5.31.